The summed E-state index contributed by atoms with van der Waals surface area (Å²) in [5.41, 5.74) is 1.77. The quantitative estimate of drug-likeness (QED) is 0.178. The zero-order valence-electron chi connectivity index (χ0n) is 23.7. The number of oxazole rings is 3. The molecule has 0 aliphatic heterocycles. The zero-order valence-corrected chi connectivity index (χ0v) is 28.5. The molecule has 1 N–H and O–H groups in total. The molecule has 0 atom stereocenters. The smallest absolute Gasteiger partial charge is 0.870 e. The van der Waals surface area contributed by atoms with Crippen molar-refractivity contribution >= 4 is 24.3 Å². The number of aromatic nitrogens is 3. The number of halogens is 1. The van der Waals surface area contributed by atoms with Crippen molar-refractivity contribution in [3.8, 4) is 17.8 Å². The second-order valence-corrected chi connectivity index (χ2v) is 6.32. The number of carboxylic acids is 1. The van der Waals surface area contributed by atoms with Crippen LogP contribution in [-0.4, -0.2) is 58.8 Å². The van der Waals surface area contributed by atoms with Gasteiger partial charge in [-0.2, -0.15) is 0 Å². The van der Waals surface area contributed by atoms with Gasteiger partial charge in [0.2, 0.25) is 5.89 Å². The van der Waals surface area contributed by atoms with Crippen LogP contribution >= 0.6 is 12.4 Å². The molecule has 17 heteroatoms. The van der Waals surface area contributed by atoms with E-state index in [9.17, 15) is 14.7 Å². The van der Waals surface area contributed by atoms with Crippen LogP contribution in [0.1, 0.15) is 66.1 Å². The number of hydrogen-bond acceptors (Lipinski definition) is 14. The molecule has 0 bridgehead atoms. The van der Waals surface area contributed by atoms with Crippen molar-refractivity contribution in [2.24, 2.45) is 0 Å². The number of hydrogen-bond donors (Lipinski definition) is 0. The predicted molar refractivity (Wildman–Crippen MR) is 127 cm³/mol. The molecule has 0 unspecified atom stereocenters. The third-order valence-electron chi connectivity index (χ3n) is 3.66. The summed E-state index contributed by atoms with van der Waals surface area (Å²) in [5, 5.41) is 10.2. The fourth-order valence-corrected chi connectivity index (χ4v) is 2.22. The van der Waals surface area contributed by atoms with Crippen molar-refractivity contribution in [3.63, 3.8) is 0 Å². The molecule has 0 aliphatic rings. The first-order chi connectivity index (χ1) is 16.7. The molecule has 0 fully saturated rings. The first-order valence-corrected chi connectivity index (χ1v) is 10.8. The fourth-order valence-electron chi connectivity index (χ4n) is 2.22. The van der Waals surface area contributed by atoms with E-state index in [2.05, 4.69) is 15.0 Å². The standard InChI is InChI=1S/C9H13NO4.C7H9NO4.C6H9NO2.ClH.2Na.H2O/c1-4-12-8(11)7-10-6(3)9(14-7)13-5-2;1-3-11-7-4(2)8-5(12-7)6(9)10;1-3-8-6-5(2)7-4-9-6;;;;/h4-5H2,1-3H3;3H2,1-2H3,(H,9,10);4H,3H2,1-2H3;1H;;;1H2/q;;;;2*+1;/p-2. The number of carbonyl (C=O) groups is 2. The van der Waals surface area contributed by atoms with E-state index in [1.165, 1.54) is 6.39 Å². The minimum atomic E-state index is -1.44. The van der Waals surface area contributed by atoms with Gasteiger partial charge in [0.1, 0.15) is 23.1 Å². The predicted octanol–water partition coefficient (Wildman–Crippen LogP) is -3.06. The largest absolute Gasteiger partial charge is 1.00 e. The molecule has 3 heterocycles. The van der Waals surface area contributed by atoms with Gasteiger partial charge in [0.15, 0.2) is 6.39 Å². The van der Waals surface area contributed by atoms with E-state index in [1.807, 2.05) is 20.8 Å². The van der Waals surface area contributed by atoms with E-state index >= 15 is 0 Å². The molecule has 0 aromatic carbocycles. The summed E-state index contributed by atoms with van der Waals surface area (Å²) in [6.45, 7) is 14.2. The van der Waals surface area contributed by atoms with Crippen molar-refractivity contribution in [1.29, 1.82) is 0 Å². The maximum Gasteiger partial charge on any atom is 1.00 e. The van der Waals surface area contributed by atoms with Crippen molar-refractivity contribution in [2.45, 2.75) is 48.5 Å². The van der Waals surface area contributed by atoms with E-state index < -0.39 is 17.8 Å². The maximum atomic E-state index is 11.2. The van der Waals surface area contributed by atoms with E-state index in [4.69, 9.17) is 32.2 Å². The van der Waals surface area contributed by atoms with Crippen LogP contribution in [-0.2, 0) is 4.74 Å². The van der Waals surface area contributed by atoms with Crippen molar-refractivity contribution in [1.82, 2.24) is 15.0 Å². The molecule has 3 aromatic rings. The number of esters is 1. The summed E-state index contributed by atoms with van der Waals surface area (Å²) in [7, 11) is 0. The molecule has 0 saturated carbocycles. The Hall–Kier alpha value is -1.78. The number of aromatic carboxylic acids is 1. The Morgan fingerprint density at radius 2 is 1.21 bits per heavy atom. The Bertz CT molecular complexity index is 1070. The summed E-state index contributed by atoms with van der Waals surface area (Å²) in [5.74, 6) is -1.58. The van der Waals surface area contributed by atoms with Gasteiger partial charge in [-0.3, -0.25) is 0 Å². The molecule has 210 valence electrons. The van der Waals surface area contributed by atoms with Gasteiger partial charge in [0.25, 0.3) is 0 Å². The van der Waals surface area contributed by atoms with E-state index in [0.29, 0.717) is 43.8 Å². The Kier molecular flexibility index (Phi) is 27.3. The molecular weight excluding hydrogens is 564 g/mol. The Morgan fingerprint density at radius 1 is 0.769 bits per heavy atom. The minimum absolute atomic E-state index is 0. The molecule has 14 nitrogen and oxygen atoms in total. The monoisotopic (exact) mass is 595 g/mol. The van der Waals surface area contributed by atoms with Gasteiger partial charge >= 0.3 is 88.8 Å². The van der Waals surface area contributed by atoms with E-state index in [0.717, 1.165) is 5.69 Å². The van der Waals surface area contributed by atoms with E-state index in [1.54, 1.807) is 27.7 Å². The van der Waals surface area contributed by atoms with Crippen LogP contribution in [0.25, 0.3) is 0 Å². The number of ether oxygens (including phenoxy) is 4. The van der Waals surface area contributed by atoms with Crippen LogP contribution < -0.4 is 78.4 Å². The summed E-state index contributed by atoms with van der Waals surface area (Å²) in [4.78, 5) is 32.7. The van der Waals surface area contributed by atoms with Crippen molar-refractivity contribution in [3.05, 3.63) is 35.3 Å². The second kappa shape index (κ2) is 24.1. The van der Waals surface area contributed by atoms with Gasteiger partial charge in [0.05, 0.1) is 26.4 Å². The van der Waals surface area contributed by atoms with Gasteiger partial charge in [-0.05, 0) is 48.5 Å². The molecule has 0 spiro atoms. The SMILES string of the molecule is CCOC(=O)c1nc(C)c(OCC)o1.CCOc1oc(C(=O)[O-])nc1C.CCOc1ocnc1C.Cl.[Na+].[Na+].[OH-]. The van der Waals surface area contributed by atoms with E-state index in [-0.39, 0.29) is 94.8 Å². The Labute approximate surface area is 276 Å². The summed E-state index contributed by atoms with van der Waals surface area (Å²) >= 11 is 0. The molecular formula is C22H32ClN3Na2O11. The van der Waals surface area contributed by atoms with Gasteiger partial charge in [-0.15, -0.1) is 12.4 Å². The molecule has 3 aromatic heterocycles. The normalized spacial score (nSPS) is 8.79. The average molecular weight is 596 g/mol. The molecule has 3 rings (SSSR count). The third-order valence-corrected chi connectivity index (χ3v) is 3.66. The summed E-state index contributed by atoms with van der Waals surface area (Å²) < 4.78 is 34.5. The average Bonchev–Trinajstić information content (AvgIpc) is 3.50. The van der Waals surface area contributed by atoms with Gasteiger partial charge in [0, 0.05) is 0 Å². The van der Waals surface area contributed by atoms with Crippen molar-refractivity contribution < 1.29 is 111 Å². The van der Waals surface area contributed by atoms with Gasteiger partial charge in [-0.25, -0.2) is 19.7 Å². The van der Waals surface area contributed by atoms with Gasteiger partial charge in [-0.1, -0.05) is 0 Å². The van der Waals surface area contributed by atoms with Gasteiger partial charge < -0.3 is 47.6 Å². The minimum Gasteiger partial charge on any atom is -0.870 e. The number of rotatable bonds is 9. The van der Waals surface area contributed by atoms with Crippen LogP contribution in [0.4, 0.5) is 0 Å². The first kappa shape index (κ1) is 44.2. The first-order valence-electron chi connectivity index (χ1n) is 10.8. The molecule has 0 radical (unpaired) electrons. The number of nitrogens with zero attached hydrogens (tertiary/aromatic N) is 3. The summed E-state index contributed by atoms with van der Waals surface area (Å²) in [6, 6.07) is 0. The van der Waals surface area contributed by atoms with Crippen LogP contribution in [0.2, 0.25) is 0 Å². The maximum absolute atomic E-state index is 11.2. The Balaban J connectivity index is -0.000000228. The van der Waals surface area contributed by atoms with Crippen LogP contribution in [0, 0.1) is 20.8 Å². The number of carbonyl (C=O) groups excluding carboxylic acids is 2. The number of aryl methyl sites for hydroxylation is 3. The van der Waals surface area contributed by atoms with Crippen molar-refractivity contribution in [2.75, 3.05) is 26.4 Å². The molecule has 0 saturated heterocycles. The van der Waals surface area contributed by atoms with Crippen LogP contribution in [0.5, 0.6) is 17.8 Å². The van der Waals surface area contributed by atoms with Crippen LogP contribution in [0.3, 0.4) is 0 Å². The summed E-state index contributed by atoms with van der Waals surface area (Å²) in [6.07, 6.45) is 1.38. The van der Waals surface area contributed by atoms with Crippen LogP contribution in [0.15, 0.2) is 19.6 Å². The molecule has 0 amide bonds. The fraction of sp³-hybridized carbons (Fsp3) is 0.500. The Morgan fingerprint density at radius 3 is 1.56 bits per heavy atom. The molecule has 0 aliphatic carbocycles. The second-order valence-electron chi connectivity index (χ2n) is 6.32. The number of carboxylic acid groups (broad SMARTS) is 1. The third kappa shape index (κ3) is 15.6. The zero-order chi connectivity index (χ0) is 26.4. The topological polar surface area (TPSA) is 202 Å². The molecule has 39 heavy (non-hydrogen) atoms.